The third kappa shape index (κ3) is 1.90. The lowest BCUT2D eigenvalue weighted by molar-refractivity contribution is 0.385. The van der Waals surface area contributed by atoms with Gasteiger partial charge in [0.25, 0.3) is 0 Å². The highest BCUT2D eigenvalue weighted by atomic mass is 79.9. The summed E-state index contributed by atoms with van der Waals surface area (Å²) in [5.41, 5.74) is 2.12. The van der Waals surface area contributed by atoms with Crippen LogP contribution >= 0.6 is 15.9 Å². The van der Waals surface area contributed by atoms with Crippen molar-refractivity contribution < 1.29 is 8.91 Å². The number of rotatable bonds is 3. The minimum atomic E-state index is -0.259. The average Bonchev–Trinajstić information content (AvgIpc) is 3.10. The van der Waals surface area contributed by atoms with Gasteiger partial charge in [-0.15, -0.1) is 0 Å². The van der Waals surface area contributed by atoms with Gasteiger partial charge in [0.05, 0.1) is 0 Å². The number of hydrogen-bond acceptors (Lipinski definition) is 2. The van der Waals surface area contributed by atoms with Gasteiger partial charge in [0.1, 0.15) is 17.3 Å². The highest BCUT2D eigenvalue weighted by Gasteiger charge is 2.32. The van der Waals surface area contributed by atoms with Gasteiger partial charge in [-0.1, -0.05) is 33.2 Å². The van der Waals surface area contributed by atoms with Crippen LogP contribution < -0.4 is 0 Å². The first-order valence-corrected chi connectivity index (χ1v) is 6.72. The maximum Gasteiger partial charge on any atom is 0.144 e. The zero-order valence-electron chi connectivity index (χ0n) is 9.12. The Morgan fingerprint density at radius 1 is 1.35 bits per heavy atom. The van der Waals surface area contributed by atoms with E-state index < -0.39 is 0 Å². The first-order chi connectivity index (χ1) is 8.31. The summed E-state index contributed by atoms with van der Waals surface area (Å²) < 4.78 is 19.1. The summed E-state index contributed by atoms with van der Waals surface area (Å²) in [5.74, 6) is 1.14. The van der Waals surface area contributed by atoms with Crippen molar-refractivity contribution in [3.8, 4) is 11.3 Å². The minimum Gasteiger partial charge on any atom is -0.360 e. The topological polar surface area (TPSA) is 26.0 Å². The van der Waals surface area contributed by atoms with Crippen molar-refractivity contribution in [1.82, 2.24) is 5.16 Å². The molecule has 0 radical (unpaired) electrons. The SMILES string of the molecule is Fc1ccccc1-c1noc(C2CC2)c1CBr. The first kappa shape index (κ1) is 11.0. The molecule has 0 amide bonds. The predicted molar refractivity (Wildman–Crippen MR) is 66.5 cm³/mol. The summed E-state index contributed by atoms with van der Waals surface area (Å²) >= 11 is 3.43. The van der Waals surface area contributed by atoms with Gasteiger partial charge in [0, 0.05) is 22.4 Å². The third-order valence-electron chi connectivity index (χ3n) is 3.03. The number of benzene rings is 1. The van der Waals surface area contributed by atoms with E-state index in [2.05, 4.69) is 21.1 Å². The largest absolute Gasteiger partial charge is 0.360 e. The lowest BCUT2D eigenvalue weighted by Crippen LogP contribution is -1.89. The molecule has 1 heterocycles. The lowest BCUT2D eigenvalue weighted by Gasteiger charge is -2.01. The molecule has 1 aliphatic rings. The van der Waals surface area contributed by atoms with Crippen LogP contribution in [0.15, 0.2) is 28.8 Å². The highest BCUT2D eigenvalue weighted by molar-refractivity contribution is 9.08. The standard InChI is InChI=1S/C13H11BrFNO/c14-7-10-12(9-3-1-2-4-11(9)15)16-17-13(10)8-5-6-8/h1-4,8H,5-7H2. The Bertz CT molecular complexity index is 548. The molecule has 0 atom stereocenters. The smallest absolute Gasteiger partial charge is 0.144 e. The van der Waals surface area contributed by atoms with E-state index in [1.165, 1.54) is 6.07 Å². The summed E-state index contributed by atoms with van der Waals surface area (Å²) in [6.07, 6.45) is 2.29. The zero-order valence-corrected chi connectivity index (χ0v) is 10.7. The predicted octanol–water partition coefficient (Wildman–Crippen LogP) is 4.25. The molecule has 0 aliphatic heterocycles. The van der Waals surface area contributed by atoms with Gasteiger partial charge < -0.3 is 4.52 Å². The van der Waals surface area contributed by atoms with Crippen LogP contribution in [0.25, 0.3) is 11.3 Å². The van der Waals surface area contributed by atoms with Crippen LogP contribution in [0, 0.1) is 5.82 Å². The molecule has 0 bridgehead atoms. The molecule has 4 heteroatoms. The molecule has 0 saturated heterocycles. The fourth-order valence-corrected chi connectivity index (χ4v) is 2.52. The Morgan fingerprint density at radius 2 is 2.12 bits per heavy atom. The Kier molecular flexibility index (Phi) is 2.74. The van der Waals surface area contributed by atoms with Crippen LogP contribution in [0.1, 0.15) is 30.1 Å². The van der Waals surface area contributed by atoms with Crippen molar-refractivity contribution in [3.05, 3.63) is 41.4 Å². The van der Waals surface area contributed by atoms with E-state index in [4.69, 9.17) is 4.52 Å². The molecule has 3 rings (SSSR count). The van der Waals surface area contributed by atoms with Crippen molar-refractivity contribution in [2.45, 2.75) is 24.1 Å². The van der Waals surface area contributed by atoms with Gasteiger partial charge in [0.15, 0.2) is 0 Å². The minimum absolute atomic E-state index is 0.259. The second-order valence-electron chi connectivity index (χ2n) is 4.26. The van der Waals surface area contributed by atoms with Crippen LogP contribution in [0.5, 0.6) is 0 Å². The highest BCUT2D eigenvalue weighted by Crippen LogP contribution is 2.44. The molecule has 1 aromatic carbocycles. The van der Waals surface area contributed by atoms with Crippen molar-refractivity contribution in [1.29, 1.82) is 0 Å². The normalized spacial score (nSPS) is 15.2. The summed E-state index contributed by atoms with van der Waals surface area (Å²) in [6, 6.07) is 6.66. The van der Waals surface area contributed by atoms with Crippen molar-refractivity contribution in [3.63, 3.8) is 0 Å². The molecule has 17 heavy (non-hydrogen) atoms. The molecule has 1 aliphatic carbocycles. The van der Waals surface area contributed by atoms with Crippen molar-refractivity contribution in [2.75, 3.05) is 0 Å². The van der Waals surface area contributed by atoms with E-state index in [1.54, 1.807) is 12.1 Å². The second kappa shape index (κ2) is 4.26. The van der Waals surface area contributed by atoms with Gasteiger partial charge in [0.2, 0.25) is 0 Å². The fraction of sp³-hybridized carbons (Fsp3) is 0.308. The summed E-state index contributed by atoms with van der Waals surface area (Å²) in [7, 11) is 0. The molecule has 88 valence electrons. The van der Waals surface area contributed by atoms with Crippen LogP contribution in [0.2, 0.25) is 0 Å². The molecule has 1 fully saturated rings. The Balaban J connectivity index is 2.11. The average molecular weight is 296 g/mol. The van der Waals surface area contributed by atoms with Crippen LogP contribution in [0.3, 0.4) is 0 Å². The van der Waals surface area contributed by atoms with Crippen LogP contribution in [0.4, 0.5) is 4.39 Å². The van der Waals surface area contributed by atoms with E-state index in [9.17, 15) is 4.39 Å². The summed E-state index contributed by atoms with van der Waals surface area (Å²) in [6.45, 7) is 0. The van der Waals surface area contributed by atoms with Gasteiger partial charge in [-0.05, 0) is 25.0 Å². The number of halogens is 2. The van der Waals surface area contributed by atoms with Crippen LogP contribution in [-0.4, -0.2) is 5.16 Å². The Morgan fingerprint density at radius 3 is 2.76 bits per heavy atom. The quantitative estimate of drug-likeness (QED) is 0.791. The Hall–Kier alpha value is -1.16. The number of alkyl halides is 1. The van der Waals surface area contributed by atoms with E-state index in [-0.39, 0.29) is 5.82 Å². The maximum atomic E-state index is 13.7. The summed E-state index contributed by atoms with van der Waals surface area (Å²) in [5, 5.41) is 4.68. The monoisotopic (exact) mass is 295 g/mol. The fourth-order valence-electron chi connectivity index (χ4n) is 1.98. The second-order valence-corrected chi connectivity index (χ2v) is 4.82. The number of aromatic nitrogens is 1. The van der Waals surface area contributed by atoms with Crippen LogP contribution in [-0.2, 0) is 5.33 Å². The molecular formula is C13H11BrFNO. The zero-order chi connectivity index (χ0) is 11.8. The number of nitrogens with zero attached hydrogens (tertiary/aromatic N) is 1. The van der Waals surface area contributed by atoms with E-state index in [0.29, 0.717) is 22.5 Å². The summed E-state index contributed by atoms with van der Waals surface area (Å²) in [4.78, 5) is 0. The first-order valence-electron chi connectivity index (χ1n) is 5.60. The third-order valence-corrected chi connectivity index (χ3v) is 3.59. The molecule has 0 N–H and O–H groups in total. The molecule has 1 aromatic heterocycles. The van der Waals surface area contributed by atoms with Gasteiger partial charge in [-0.3, -0.25) is 0 Å². The van der Waals surface area contributed by atoms with E-state index in [0.717, 1.165) is 24.2 Å². The van der Waals surface area contributed by atoms with Gasteiger partial charge in [-0.25, -0.2) is 4.39 Å². The van der Waals surface area contributed by atoms with E-state index >= 15 is 0 Å². The molecule has 1 saturated carbocycles. The van der Waals surface area contributed by atoms with Crippen molar-refractivity contribution >= 4 is 15.9 Å². The van der Waals surface area contributed by atoms with Gasteiger partial charge in [-0.2, -0.15) is 0 Å². The number of hydrogen-bond donors (Lipinski definition) is 0. The molecule has 2 aromatic rings. The Labute approximate surface area is 107 Å². The molecular weight excluding hydrogens is 285 g/mol. The molecule has 0 unspecified atom stereocenters. The van der Waals surface area contributed by atoms with Gasteiger partial charge >= 0.3 is 0 Å². The van der Waals surface area contributed by atoms with Crippen molar-refractivity contribution in [2.24, 2.45) is 0 Å². The molecule has 2 nitrogen and oxygen atoms in total. The van der Waals surface area contributed by atoms with E-state index in [1.807, 2.05) is 6.07 Å². The molecule has 0 spiro atoms. The maximum absolute atomic E-state index is 13.7. The lowest BCUT2D eigenvalue weighted by atomic mass is 10.1.